The fourth-order valence-electron chi connectivity index (χ4n) is 3.69. The summed E-state index contributed by atoms with van der Waals surface area (Å²) < 4.78 is 16.1. The second-order valence-corrected chi connectivity index (χ2v) is 9.29. The van der Waals surface area contributed by atoms with Crippen molar-refractivity contribution >= 4 is 52.3 Å². The number of hydrogen-bond acceptors (Lipinski definition) is 8. The normalized spacial score (nSPS) is 17.4. The van der Waals surface area contributed by atoms with E-state index in [1.165, 1.54) is 11.8 Å². The van der Waals surface area contributed by atoms with Gasteiger partial charge in [0, 0.05) is 39.1 Å². The number of carbonyl (C=O) groups excluding carboxylic acids is 3. The van der Waals surface area contributed by atoms with Gasteiger partial charge in [-0.15, -0.1) is 0 Å². The van der Waals surface area contributed by atoms with E-state index >= 15 is 0 Å². The summed E-state index contributed by atoms with van der Waals surface area (Å²) in [5.74, 6) is 1.03. The molecule has 0 aliphatic carbocycles. The molecule has 1 aromatic carbocycles. The number of piperazine rings is 1. The van der Waals surface area contributed by atoms with Gasteiger partial charge in [0.2, 0.25) is 5.91 Å². The predicted octanol–water partition coefficient (Wildman–Crippen LogP) is 2.99. The Morgan fingerprint density at radius 2 is 1.76 bits per heavy atom. The third-order valence-electron chi connectivity index (χ3n) is 5.51. The highest BCUT2D eigenvalue weighted by Crippen LogP contribution is 2.34. The number of rotatable bonds is 8. The number of ether oxygens (including phenoxy) is 3. The Kier molecular flexibility index (Phi) is 9.17. The van der Waals surface area contributed by atoms with Gasteiger partial charge in [-0.05, 0) is 37.1 Å². The van der Waals surface area contributed by atoms with Crippen LogP contribution in [-0.4, -0.2) is 90.5 Å². The molecule has 2 aliphatic rings. The van der Waals surface area contributed by atoms with Crippen molar-refractivity contribution in [3.8, 4) is 11.5 Å². The number of carbonyl (C=O) groups is 3. The van der Waals surface area contributed by atoms with Crippen LogP contribution in [0.2, 0.25) is 0 Å². The molecule has 11 heteroatoms. The van der Waals surface area contributed by atoms with Gasteiger partial charge >= 0.3 is 6.09 Å². The second kappa shape index (κ2) is 12.1. The Bertz CT molecular complexity index is 975. The van der Waals surface area contributed by atoms with Crippen molar-refractivity contribution in [2.75, 3.05) is 53.6 Å². The molecule has 0 unspecified atom stereocenters. The molecular formula is C23H29N3O6S2. The van der Waals surface area contributed by atoms with E-state index in [0.717, 1.165) is 5.56 Å². The SMILES string of the molecule is CCOC(=O)N1CCN(C(=O)CCCN2C(=O)C(=Cc3ccc(OC)c(OC)c3)SC2=S)CC1. The monoisotopic (exact) mass is 507 g/mol. The molecule has 184 valence electrons. The summed E-state index contributed by atoms with van der Waals surface area (Å²) in [7, 11) is 3.12. The number of methoxy groups -OCH3 is 2. The van der Waals surface area contributed by atoms with E-state index in [4.69, 9.17) is 26.4 Å². The van der Waals surface area contributed by atoms with Crippen molar-refractivity contribution in [1.29, 1.82) is 0 Å². The van der Waals surface area contributed by atoms with Crippen LogP contribution >= 0.6 is 24.0 Å². The van der Waals surface area contributed by atoms with Gasteiger partial charge in [-0.25, -0.2) is 4.79 Å². The third kappa shape index (κ3) is 6.20. The van der Waals surface area contributed by atoms with Crippen LogP contribution in [0.15, 0.2) is 23.1 Å². The van der Waals surface area contributed by atoms with E-state index in [2.05, 4.69) is 0 Å². The Balaban J connectivity index is 1.50. The lowest BCUT2D eigenvalue weighted by atomic mass is 10.2. The average molecular weight is 508 g/mol. The number of thiocarbonyl (C=S) groups is 1. The quantitative estimate of drug-likeness (QED) is 0.392. The molecule has 0 saturated carbocycles. The number of benzene rings is 1. The molecule has 0 atom stereocenters. The van der Waals surface area contributed by atoms with E-state index in [1.54, 1.807) is 54.1 Å². The number of nitrogens with zero attached hydrogens (tertiary/aromatic N) is 3. The Labute approximate surface area is 209 Å². The van der Waals surface area contributed by atoms with Gasteiger partial charge in [-0.3, -0.25) is 14.5 Å². The maximum atomic E-state index is 12.9. The van der Waals surface area contributed by atoms with Crippen LogP contribution in [0.3, 0.4) is 0 Å². The maximum Gasteiger partial charge on any atom is 0.409 e. The summed E-state index contributed by atoms with van der Waals surface area (Å²) in [5, 5.41) is 0. The molecule has 3 amide bonds. The zero-order chi connectivity index (χ0) is 24.7. The van der Waals surface area contributed by atoms with Crippen LogP contribution < -0.4 is 9.47 Å². The smallest absolute Gasteiger partial charge is 0.409 e. The molecular weight excluding hydrogens is 478 g/mol. The molecule has 2 heterocycles. The van der Waals surface area contributed by atoms with Gasteiger partial charge in [0.1, 0.15) is 4.32 Å². The highest BCUT2D eigenvalue weighted by Gasteiger charge is 2.32. The van der Waals surface area contributed by atoms with Crippen LogP contribution in [-0.2, 0) is 14.3 Å². The first-order valence-electron chi connectivity index (χ1n) is 11.0. The molecule has 0 N–H and O–H groups in total. The van der Waals surface area contributed by atoms with Gasteiger partial charge < -0.3 is 24.0 Å². The average Bonchev–Trinajstić information content (AvgIpc) is 3.11. The first-order valence-corrected chi connectivity index (χ1v) is 12.3. The predicted molar refractivity (Wildman–Crippen MR) is 134 cm³/mol. The summed E-state index contributed by atoms with van der Waals surface area (Å²) in [5.41, 5.74) is 0.801. The summed E-state index contributed by atoms with van der Waals surface area (Å²) >= 11 is 6.65. The minimum atomic E-state index is -0.342. The van der Waals surface area contributed by atoms with Crippen LogP contribution in [0, 0.1) is 0 Å². The second-order valence-electron chi connectivity index (χ2n) is 7.62. The summed E-state index contributed by atoms with van der Waals surface area (Å²) in [6.07, 6.45) is 2.25. The van der Waals surface area contributed by atoms with Crippen molar-refractivity contribution < 1.29 is 28.6 Å². The molecule has 9 nitrogen and oxygen atoms in total. The fraction of sp³-hybridized carbons (Fsp3) is 0.478. The zero-order valence-corrected chi connectivity index (χ0v) is 21.2. The molecule has 2 saturated heterocycles. The Morgan fingerprint density at radius 3 is 2.41 bits per heavy atom. The molecule has 2 aliphatic heterocycles. The highest BCUT2D eigenvalue weighted by molar-refractivity contribution is 8.26. The van der Waals surface area contributed by atoms with Gasteiger partial charge in [0.15, 0.2) is 11.5 Å². The van der Waals surface area contributed by atoms with Crippen LogP contribution in [0.4, 0.5) is 4.79 Å². The standard InChI is InChI=1S/C23H29N3O6S2/c1-4-32-22(29)25-12-10-24(11-13-25)20(27)6-5-9-26-21(28)19(34-23(26)33)15-16-7-8-17(30-2)18(14-16)31-3/h7-8,14-15H,4-6,9-13H2,1-3H3. The van der Waals surface area contributed by atoms with Crippen molar-refractivity contribution in [3.63, 3.8) is 0 Å². The van der Waals surface area contributed by atoms with E-state index in [9.17, 15) is 14.4 Å². The largest absolute Gasteiger partial charge is 0.493 e. The third-order valence-corrected chi connectivity index (χ3v) is 6.89. The van der Waals surface area contributed by atoms with E-state index in [1.807, 2.05) is 6.07 Å². The number of thioether (sulfide) groups is 1. The van der Waals surface area contributed by atoms with Crippen LogP contribution in [0.1, 0.15) is 25.3 Å². The van der Waals surface area contributed by atoms with Crippen molar-refractivity contribution in [3.05, 3.63) is 28.7 Å². The molecule has 0 spiro atoms. The minimum Gasteiger partial charge on any atom is -0.493 e. The summed E-state index contributed by atoms with van der Waals surface area (Å²) in [4.78, 5) is 42.7. The van der Waals surface area contributed by atoms with E-state index in [-0.39, 0.29) is 17.9 Å². The van der Waals surface area contributed by atoms with Crippen LogP contribution in [0.5, 0.6) is 11.5 Å². The topological polar surface area (TPSA) is 88.6 Å². The van der Waals surface area contributed by atoms with Gasteiger partial charge in [-0.1, -0.05) is 30.0 Å². The first kappa shape index (κ1) is 25.8. The van der Waals surface area contributed by atoms with Crippen LogP contribution in [0.25, 0.3) is 6.08 Å². The lowest BCUT2D eigenvalue weighted by Crippen LogP contribution is -2.50. The number of amides is 3. The summed E-state index contributed by atoms with van der Waals surface area (Å²) in [6.45, 7) is 4.35. The Morgan fingerprint density at radius 1 is 1.09 bits per heavy atom. The van der Waals surface area contributed by atoms with E-state index in [0.29, 0.717) is 72.9 Å². The molecule has 1 aromatic rings. The lowest BCUT2D eigenvalue weighted by molar-refractivity contribution is -0.133. The minimum absolute atomic E-state index is 0.00909. The summed E-state index contributed by atoms with van der Waals surface area (Å²) in [6, 6.07) is 5.42. The molecule has 3 rings (SSSR count). The van der Waals surface area contributed by atoms with Crippen molar-refractivity contribution in [2.24, 2.45) is 0 Å². The first-order chi connectivity index (χ1) is 16.4. The molecule has 2 fully saturated rings. The number of hydrogen-bond donors (Lipinski definition) is 0. The molecule has 0 bridgehead atoms. The molecule has 34 heavy (non-hydrogen) atoms. The van der Waals surface area contributed by atoms with Gasteiger partial charge in [0.05, 0.1) is 25.7 Å². The molecule has 0 radical (unpaired) electrons. The van der Waals surface area contributed by atoms with E-state index < -0.39 is 0 Å². The Hall–Kier alpha value is -2.79. The van der Waals surface area contributed by atoms with Gasteiger partial charge in [-0.2, -0.15) is 0 Å². The van der Waals surface area contributed by atoms with Crippen molar-refractivity contribution in [2.45, 2.75) is 19.8 Å². The zero-order valence-electron chi connectivity index (χ0n) is 19.6. The fourth-order valence-corrected chi connectivity index (χ4v) is 5.00. The van der Waals surface area contributed by atoms with Crippen molar-refractivity contribution in [1.82, 2.24) is 14.7 Å². The molecule has 0 aromatic heterocycles. The van der Waals surface area contributed by atoms with Gasteiger partial charge in [0.25, 0.3) is 5.91 Å². The maximum absolute atomic E-state index is 12.9. The lowest BCUT2D eigenvalue weighted by Gasteiger charge is -2.34. The highest BCUT2D eigenvalue weighted by atomic mass is 32.2.